The van der Waals surface area contributed by atoms with Crippen molar-refractivity contribution >= 4 is 50.7 Å². The van der Waals surface area contributed by atoms with Gasteiger partial charge in [-0.15, -0.1) is 0 Å². The maximum Gasteiger partial charge on any atom is 0.244 e. The van der Waals surface area contributed by atoms with Gasteiger partial charge in [0.15, 0.2) is 0 Å². The zero-order chi connectivity index (χ0) is 29.3. The molecule has 0 spiro atoms. The molecule has 0 saturated heterocycles. The van der Waals surface area contributed by atoms with Crippen LogP contribution >= 0.6 is 23.2 Å². The molecule has 0 bridgehead atoms. The van der Waals surface area contributed by atoms with Crippen LogP contribution in [0, 0.1) is 6.92 Å². The summed E-state index contributed by atoms with van der Waals surface area (Å²) >= 11 is 12.5. The minimum atomic E-state index is -3.87. The van der Waals surface area contributed by atoms with Crippen molar-refractivity contribution in [1.29, 1.82) is 0 Å². The molecule has 1 N–H and O–H groups in total. The first-order valence-electron chi connectivity index (χ1n) is 13.1. The van der Waals surface area contributed by atoms with Crippen molar-refractivity contribution in [2.24, 2.45) is 0 Å². The lowest BCUT2D eigenvalue weighted by atomic mass is 10.0. The first-order valence-corrected chi connectivity index (χ1v) is 15.7. The second-order valence-corrected chi connectivity index (χ2v) is 12.5. The summed E-state index contributed by atoms with van der Waals surface area (Å²) in [6, 6.07) is 20.4. The van der Waals surface area contributed by atoms with Gasteiger partial charge in [0.25, 0.3) is 0 Å². The quantitative estimate of drug-likeness (QED) is 0.257. The highest BCUT2D eigenvalue weighted by Crippen LogP contribution is 2.26. The molecule has 0 unspecified atom stereocenters. The van der Waals surface area contributed by atoms with Gasteiger partial charge in [-0.3, -0.25) is 13.9 Å². The molecule has 0 aliphatic carbocycles. The van der Waals surface area contributed by atoms with Gasteiger partial charge in [0.1, 0.15) is 12.6 Å². The van der Waals surface area contributed by atoms with E-state index in [-0.39, 0.29) is 24.6 Å². The van der Waals surface area contributed by atoms with Crippen LogP contribution < -0.4 is 9.62 Å². The Bertz CT molecular complexity index is 1420. The Kier molecular flexibility index (Phi) is 11.4. The number of halogens is 2. The Balaban J connectivity index is 2.04. The molecule has 3 aromatic rings. The number of amides is 2. The second-order valence-electron chi connectivity index (χ2n) is 9.70. The average Bonchev–Trinajstić information content (AvgIpc) is 2.91. The van der Waals surface area contributed by atoms with E-state index in [1.165, 1.54) is 11.0 Å². The highest BCUT2D eigenvalue weighted by atomic mass is 35.5. The van der Waals surface area contributed by atoms with E-state index in [2.05, 4.69) is 5.32 Å². The van der Waals surface area contributed by atoms with Gasteiger partial charge in [0, 0.05) is 29.6 Å². The first kappa shape index (κ1) is 31.5. The monoisotopic (exact) mass is 603 g/mol. The first-order chi connectivity index (χ1) is 19.0. The molecule has 0 heterocycles. The molecule has 40 heavy (non-hydrogen) atoms. The van der Waals surface area contributed by atoms with Crippen LogP contribution in [0.4, 0.5) is 5.69 Å². The van der Waals surface area contributed by atoms with Gasteiger partial charge < -0.3 is 10.2 Å². The van der Waals surface area contributed by atoms with Crippen molar-refractivity contribution in [2.45, 2.75) is 45.7 Å². The molecule has 0 fully saturated rings. The number of nitrogens with zero attached hydrogens (tertiary/aromatic N) is 2. The molecule has 3 rings (SSSR count). The molecule has 0 saturated carbocycles. The molecule has 214 valence electrons. The lowest BCUT2D eigenvalue weighted by molar-refractivity contribution is -0.140. The topological polar surface area (TPSA) is 86.8 Å². The van der Waals surface area contributed by atoms with Crippen LogP contribution in [0.1, 0.15) is 36.5 Å². The molecule has 7 nitrogen and oxygen atoms in total. The molecule has 0 aromatic heterocycles. The third-order valence-electron chi connectivity index (χ3n) is 6.47. The van der Waals surface area contributed by atoms with Crippen molar-refractivity contribution in [3.8, 4) is 0 Å². The predicted octanol–water partition coefficient (Wildman–Crippen LogP) is 5.62. The maximum absolute atomic E-state index is 14.1. The fraction of sp³-hybridized carbons (Fsp3) is 0.333. The standard InChI is InChI=1S/C30H35Cl2N3O4S/c1-4-5-16-33-30(37)28(18-23-10-7-6-8-11-23)34(20-24-12-9-13-25(31)17-24)29(36)21-35(40(3,38)39)26-15-14-22(2)27(32)19-26/h6-15,17,19,28H,4-5,16,18,20-21H2,1-3H3,(H,33,37)/t28-/m1/s1. The number of carbonyl (C=O) groups excluding carboxylic acids is 2. The lowest BCUT2D eigenvalue weighted by Crippen LogP contribution is -2.53. The number of unbranched alkanes of at least 4 members (excludes halogenated alkanes) is 1. The van der Waals surface area contributed by atoms with E-state index >= 15 is 0 Å². The van der Waals surface area contributed by atoms with Crippen LogP contribution in [-0.4, -0.2) is 50.5 Å². The number of nitrogens with one attached hydrogen (secondary N) is 1. The van der Waals surface area contributed by atoms with E-state index in [0.717, 1.165) is 34.5 Å². The number of sulfonamides is 1. The van der Waals surface area contributed by atoms with Crippen LogP contribution in [0.3, 0.4) is 0 Å². The number of aryl methyl sites for hydroxylation is 1. The third kappa shape index (κ3) is 8.98. The summed E-state index contributed by atoms with van der Waals surface area (Å²) < 4.78 is 26.8. The van der Waals surface area contributed by atoms with Gasteiger partial charge in [-0.25, -0.2) is 8.42 Å². The molecule has 1 atom stereocenters. The molecular weight excluding hydrogens is 569 g/mol. The van der Waals surface area contributed by atoms with Crippen molar-refractivity contribution in [1.82, 2.24) is 10.2 Å². The Morgan fingerprint density at radius 3 is 2.27 bits per heavy atom. The molecule has 2 amide bonds. The van der Waals surface area contributed by atoms with E-state index in [0.29, 0.717) is 22.2 Å². The lowest BCUT2D eigenvalue weighted by Gasteiger charge is -2.33. The van der Waals surface area contributed by atoms with Gasteiger partial charge in [-0.05, 0) is 54.3 Å². The SMILES string of the molecule is CCCCNC(=O)[C@@H](Cc1ccccc1)N(Cc1cccc(Cl)c1)C(=O)CN(c1ccc(C)c(Cl)c1)S(C)(=O)=O. The van der Waals surface area contributed by atoms with Crippen molar-refractivity contribution in [3.63, 3.8) is 0 Å². The van der Waals surface area contributed by atoms with Crippen molar-refractivity contribution < 1.29 is 18.0 Å². The molecular formula is C30H35Cl2N3O4S. The predicted molar refractivity (Wildman–Crippen MR) is 162 cm³/mol. The number of hydrogen-bond acceptors (Lipinski definition) is 4. The number of anilines is 1. The average molecular weight is 605 g/mol. The largest absolute Gasteiger partial charge is 0.354 e. The van der Waals surface area contributed by atoms with Crippen LogP contribution in [0.25, 0.3) is 0 Å². The van der Waals surface area contributed by atoms with E-state index in [4.69, 9.17) is 23.2 Å². The summed E-state index contributed by atoms with van der Waals surface area (Å²) in [5, 5.41) is 3.83. The molecule has 10 heteroatoms. The van der Waals surface area contributed by atoms with Crippen molar-refractivity contribution in [3.05, 3.63) is 99.5 Å². The summed E-state index contributed by atoms with van der Waals surface area (Å²) in [4.78, 5) is 29.1. The highest BCUT2D eigenvalue weighted by Gasteiger charge is 2.33. The van der Waals surface area contributed by atoms with Gasteiger partial charge in [0.2, 0.25) is 21.8 Å². The van der Waals surface area contributed by atoms with Crippen LogP contribution in [-0.2, 0) is 32.6 Å². The highest BCUT2D eigenvalue weighted by molar-refractivity contribution is 7.92. The van der Waals surface area contributed by atoms with E-state index in [1.54, 1.807) is 37.3 Å². The molecule has 0 radical (unpaired) electrons. The number of benzene rings is 3. The van der Waals surface area contributed by atoms with E-state index < -0.39 is 28.5 Å². The van der Waals surface area contributed by atoms with Crippen LogP contribution in [0.2, 0.25) is 10.0 Å². The zero-order valence-corrected chi connectivity index (χ0v) is 25.3. The maximum atomic E-state index is 14.1. The van der Waals surface area contributed by atoms with Gasteiger partial charge in [0.05, 0.1) is 11.9 Å². The van der Waals surface area contributed by atoms with E-state index in [9.17, 15) is 18.0 Å². The van der Waals surface area contributed by atoms with Crippen LogP contribution in [0.15, 0.2) is 72.8 Å². The Morgan fingerprint density at radius 1 is 0.950 bits per heavy atom. The third-order valence-corrected chi connectivity index (χ3v) is 8.25. The van der Waals surface area contributed by atoms with Gasteiger partial charge in [-0.2, -0.15) is 0 Å². The molecule has 3 aromatic carbocycles. The normalized spacial score (nSPS) is 12.0. The second kappa shape index (κ2) is 14.5. The molecule has 0 aliphatic rings. The zero-order valence-electron chi connectivity index (χ0n) is 22.9. The van der Waals surface area contributed by atoms with Crippen LogP contribution in [0.5, 0.6) is 0 Å². The Labute approximate surface area is 247 Å². The minimum absolute atomic E-state index is 0.0599. The summed E-state index contributed by atoms with van der Waals surface area (Å²) in [5.41, 5.74) is 2.62. The Morgan fingerprint density at radius 2 is 1.65 bits per heavy atom. The number of carbonyl (C=O) groups is 2. The number of rotatable bonds is 13. The fourth-order valence-electron chi connectivity index (χ4n) is 4.24. The van der Waals surface area contributed by atoms with E-state index in [1.807, 2.05) is 43.3 Å². The summed E-state index contributed by atoms with van der Waals surface area (Å²) in [6.45, 7) is 3.85. The molecule has 0 aliphatic heterocycles. The smallest absolute Gasteiger partial charge is 0.244 e. The van der Waals surface area contributed by atoms with Gasteiger partial charge in [-0.1, -0.05) is 85.1 Å². The number of hydrogen-bond donors (Lipinski definition) is 1. The fourth-order valence-corrected chi connectivity index (χ4v) is 5.47. The summed E-state index contributed by atoms with van der Waals surface area (Å²) in [6.07, 6.45) is 2.98. The summed E-state index contributed by atoms with van der Waals surface area (Å²) in [5.74, 6) is -0.842. The van der Waals surface area contributed by atoms with Gasteiger partial charge >= 0.3 is 0 Å². The minimum Gasteiger partial charge on any atom is -0.354 e. The van der Waals surface area contributed by atoms with Crippen molar-refractivity contribution in [2.75, 3.05) is 23.7 Å². The summed E-state index contributed by atoms with van der Waals surface area (Å²) in [7, 11) is -3.87. The Hall–Kier alpha value is -3.07.